The zero-order valence-electron chi connectivity index (χ0n) is 11.3. The zero-order chi connectivity index (χ0) is 13.9. The van der Waals surface area contributed by atoms with E-state index in [-0.39, 0.29) is 0 Å². The fraction of sp³-hybridized carbons (Fsp3) is 0.200. The third-order valence-corrected chi connectivity index (χ3v) is 3.13. The number of aromatic nitrogens is 2. The van der Waals surface area contributed by atoms with Crippen molar-refractivity contribution in [2.75, 3.05) is 17.2 Å². The molecule has 0 amide bonds. The smallest absolute Gasteiger partial charge is 0.298 e. The van der Waals surface area contributed by atoms with Crippen molar-refractivity contribution in [2.24, 2.45) is 0 Å². The van der Waals surface area contributed by atoms with Crippen molar-refractivity contribution in [2.45, 2.75) is 13.5 Å². The fourth-order valence-corrected chi connectivity index (χ4v) is 2.07. The maximum absolute atomic E-state index is 5.78. The summed E-state index contributed by atoms with van der Waals surface area (Å²) in [7, 11) is 0. The highest BCUT2D eigenvalue weighted by atomic mass is 16.4. The van der Waals surface area contributed by atoms with Crippen LogP contribution in [-0.4, -0.2) is 16.5 Å². The molecule has 0 spiro atoms. The first-order valence-corrected chi connectivity index (χ1v) is 6.57. The maximum Gasteiger partial charge on any atom is 0.298 e. The van der Waals surface area contributed by atoms with Crippen LogP contribution < -0.4 is 10.6 Å². The largest absolute Gasteiger partial charge is 0.423 e. The number of hydrogen-bond acceptors (Lipinski definition) is 5. The number of rotatable bonds is 4. The summed E-state index contributed by atoms with van der Waals surface area (Å²) in [4.78, 5) is 10.9. The van der Waals surface area contributed by atoms with Gasteiger partial charge in [-0.05, 0) is 37.3 Å². The number of benzene rings is 1. The predicted octanol–water partition coefficient (Wildman–Crippen LogP) is 2.83. The molecule has 5 heteroatoms. The first kappa shape index (κ1) is 12.5. The summed E-state index contributed by atoms with van der Waals surface area (Å²) >= 11 is 0. The number of nitrogen functional groups attached to an aromatic ring is 1. The van der Waals surface area contributed by atoms with Crippen LogP contribution in [0.4, 0.5) is 11.7 Å². The minimum atomic E-state index is 0.596. The highest BCUT2D eigenvalue weighted by molar-refractivity contribution is 5.78. The van der Waals surface area contributed by atoms with E-state index in [4.69, 9.17) is 10.2 Å². The molecule has 0 radical (unpaired) electrons. The minimum Gasteiger partial charge on any atom is -0.423 e. The van der Waals surface area contributed by atoms with Crippen molar-refractivity contribution < 1.29 is 4.42 Å². The van der Waals surface area contributed by atoms with Crippen molar-refractivity contribution in [1.82, 2.24) is 9.97 Å². The molecule has 0 saturated heterocycles. The molecular weight excluding hydrogens is 252 g/mol. The number of nitrogens with two attached hydrogens (primary N) is 1. The monoisotopic (exact) mass is 268 g/mol. The molecule has 0 aliphatic rings. The summed E-state index contributed by atoms with van der Waals surface area (Å²) in [6, 6.07) is 11.9. The van der Waals surface area contributed by atoms with Crippen LogP contribution >= 0.6 is 0 Å². The molecule has 0 fully saturated rings. The molecule has 20 heavy (non-hydrogen) atoms. The van der Waals surface area contributed by atoms with E-state index in [1.807, 2.05) is 41.3 Å². The lowest BCUT2D eigenvalue weighted by Crippen LogP contribution is -2.22. The predicted molar refractivity (Wildman–Crippen MR) is 79.4 cm³/mol. The van der Waals surface area contributed by atoms with E-state index < -0.39 is 0 Å². The first-order valence-electron chi connectivity index (χ1n) is 6.57. The fourth-order valence-electron chi connectivity index (χ4n) is 2.07. The molecule has 102 valence electrons. The molecule has 0 unspecified atom stereocenters. The Morgan fingerprint density at radius 2 is 2.15 bits per heavy atom. The third kappa shape index (κ3) is 2.42. The van der Waals surface area contributed by atoms with Gasteiger partial charge in [0.05, 0.1) is 12.2 Å². The Morgan fingerprint density at radius 1 is 1.25 bits per heavy atom. The van der Waals surface area contributed by atoms with E-state index >= 15 is 0 Å². The van der Waals surface area contributed by atoms with Gasteiger partial charge in [-0.3, -0.25) is 4.98 Å². The second-order valence-corrected chi connectivity index (χ2v) is 4.56. The van der Waals surface area contributed by atoms with Crippen molar-refractivity contribution in [3.05, 3.63) is 48.3 Å². The van der Waals surface area contributed by atoms with E-state index in [2.05, 4.69) is 16.9 Å². The van der Waals surface area contributed by atoms with Gasteiger partial charge in [-0.25, -0.2) is 0 Å². The van der Waals surface area contributed by atoms with Crippen molar-refractivity contribution in [1.29, 1.82) is 0 Å². The molecule has 2 N–H and O–H groups in total. The summed E-state index contributed by atoms with van der Waals surface area (Å²) in [6.45, 7) is 3.52. The van der Waals surface area contributed by atoms with Gasteiger partial charge in [0.15, 0.2) is 5.58 Å². The molecule has 0 aliphatic carbocycles. The highest BCUT2D eigenvalue weighted by Gasteiger charge is 2.13. The summed E-state index contributed by atoms with van der Waals surface area (Å²) in [5, 5.41) is 0. The summed E-state index contributed by atoms with van der Waals surface area (Å²) < 4.78 is 5.78. The van der Waals surface area contributed by atoms with Crippen molar-refractivity contribution in [3.8, 4) is 0 Å². The topological polar surface area (TPSA) is 68.2 Å². The Bertz CT molecular complexity index is 708. The lowest BCUT2D eigenvalue weighted by Gasteiger charge is -2.17. The van der Waals surface area contributed by atoms with Gasteiger partial charge in [-0.1, -0.05) is 6.07 Å². The van der Waals surface area contributed by atoms with Crippen LogP contribution in [0.5, 0.6) is 0 Å². The second kappa shape index (κ2) is 5.21. The van der Waals surface area contributed by atoms with Gasteiger partial charge in [-0.15, -0.1) is 0 Å². The van der Waals surface area contributed by atoms with Gasteiger partial charge < -0.3 is 15.1 Å². The molecule has 0 saturated carbocycles. The van der Waals surface area contributed by atoms with Crippen LogP contribution in [0.3, 0.4) is 0 Å². The van der Waals surface area contributed by atoms with Gasteiger partial charge in [-0.2, -0.15) is 4.98 Å². The van der Waals surface area contributed by atoms with Crippen LogP contribution in [0.15, 0.2) is 47.0 Å². The molecule has 2 aromatic heterocycles. The standard InChI is InChI=1S/C15H16N4O/c1-2-19(10-12-5-3-4-8-17-12)15-18-13-9-11(16)6-7-14(13)20-15/h3-9H,2,10,16H2,1H3. The van der Waals surface area contributed by atoms with Gasteiger partial charge in [0, 0.05) is 18.4 Å². The maximum atomic E-state index is 5.78. The number of fused-ring (bicyclic) bond motifs is 1. The molecule has 0 aliphatic heterocycles. The van der Waals surface area contributed by atoms with Gasteiger partial charge in [0.2, 0.25) is 0 Å². The van der Waals surface area contributed by atoms with Crippen LogP contribution in [0.1, 0.15) is 12.6 Å². The Balaban J connectivity index is 1.91. The zero-order valence-corrected chi connectivity index (χ0v) is 11.3. The molecule has 2 heterocycles. The molecule has 0 bridgehead atoms. The van der Waals surface area contributed by atoms with Crippen molar-refractivity contribution >= 4 is 22.8 Å². The minimum absolute atomic E-state index is 0.596. The van der Waals surface area contributed by atoms with Gasteiger partial charge in [0.1, 0.15) is 5.52 Å². The van der Waals surface area contributed by atoms with Crippen LogP contribution in [-0.2, 0) is 6.54 Å². The highest BCUT2D eigenvalue weighted by Crippen LogP contribution is 2.24. The third-order valence-electron chi connectivity index (χ3n) is 3.13. The molecule has 0 atom stereocenters. The Morgan fingerprint density at radius 3 is 2.90 bits per heavy atom. The average Bonchev–Trinajstić information content (AvgIpc) is 2.88. The molecular formula is C15H16N4O. The average molecular weight is 268 g/mol. The summed E-state index contributed by atoms with van der Waals surface area (Å²) in [5.41, 5.74) is 8.95. The quantitative estimate of drug-likeness (QED) is 0.737. The second-order valence-electron chi connectivity index (χ2n) is 4.56. The Hall–Kier alpha value is -2.56. The van der Waals surface area contributed by atoms with E-state index in [0.717, 1.165) is 23.3 Å². The first-order chi connectivity index (χ1) is 9.76. The summed E-state index contributed by atoms with van der Waals surface area (Å²) in [5.74, 6) is 0. The summed E-state index contributed by atoms with van der Waals surface area (Å²) in [6.07, 6.45) is 1.79. The van der Waals surface area contributed by atoms with E-state index in [0.29, 0.717) is 18.2 Å². The van der Waals surface area contributed by atoms with E-state index in [1.165, 1.54) is 0 Å². The van der Waals surface area contributed by atoms with E-state index in [1.54, 1.807) is 6.20 Å². The lowest BCUT2D eigenvalue weighted by atomic mass is 10.3. The van der Waals surface area contributed by atoms with Crippen LogP contribution in [0, 0.1) is 0 Å². The van der Waals surface area contributed by atoms with Crippen LogP contribution in [0.2, 0.25) is 0 Å². The van der Waals surface area contributed by atoms with Gasteiger partial charge >= 0.3 is 0 Å². The Labute approximate surface area is 117 Å². The number of hydrogen-bond donors (Lipinski definition) is 1. The van der Waals surface area contributed by atoms with Crippen LogP contribution in [0.25, 0.3) is 11.1 Å². The van der Waals surface area contributed by atoms with E-state index in [9.17, 15) is 0 Å². The number of oxazole rings is 1. The molecule has 1 aromatic carbocycles. The number of nitrogens with zero attached hydrogens (tertiary/aromatic N) is 3. The number of pyridine rings is 1. The SMILES string of the molecule is CCN(Cc1ccccn1)c1nc2cc(N)ccc2o1. The molecule has 5 nitrogen and oxygen atoms in total. The normalized spacial score (nSPS) is 10.8. The lowest BCUT2D eigenvalue weighted by molar-refractivity contribution is 0.567. The molecule has 3 aromatic rings. The van der Waals surface area contributed by atoms with Crippen molar-refractivity contribution in [3.63, 3.8) is 0 Å². The molecule has 3 rings (SSSR count). The number of anilines is 2. The Kier molecular flexibility index (Phi) is 3.25. The van der Waals surface area contributed by atoms with Gasteiger partial charge in [0.25, 0.3) is 6.01 Å².